The highest BCUT2D eigenvalue weighted by Crippen LogP contribution is 2.36. The van der Waals surface area contributed by atoms with Gasteiger partial charge in [-0.2, -0.15) is 0 Å². The Morgan fingerprint density at radius 2 is 1.02 bits per heavy atom. The fourth-order valence-corrected chi connectivity index (χ4v) is 8.51. The Morgan fingerprint density at radius 3 is 1.60 bits per heavy atom. The minimum Gasteiger partial charge on any atom is -0.333 e. The van der Waals surface area contributed by atoms with E-state index in [-0.39, 0.29) is 6.17 Å². The number of aliphatic imine (C=N–C) groups is 2. The van der Waals surface area contributed by atoms with Crippen molar-refractivity contribution in [3.63, 3.8) is 0 Å². The molecule has 0 spiro atoms. The highest BCUT2D eigenvalue weighted by molar-refractivity contribution is 6.13. The maximum Gasteiger partial charge on any atom is 0.159 e. The minimum absolute atomic E-state index is 0.377. The fourth-order valence-electron chi connectivity index (χ4n) is 8.51. The van der Waals surface area contributed by atoms with E-state index < -0.39 is 0 Å². The molecule has 0 amide bonds. The highest BCUT2D eigenvalue weighted by Gasteiger charge is 2.28. The summed E-state index contributed by atoms with van der Waals surface area (Å²) in [7, 11) is 2.07. The number of aromatic nitrogens is 4. The van der Waals surface area contributed by atoms with Crippen LogP contribution in [-0.4, -0.2) is 43.6 Å². The Morgan fingerprint density at radius 1 is 0.508 bits per heavy atom. The van der Waals surface area contributed by atoms with Crippen LogP contribution >= 0.6 is 0 Å². The number of benzene rings is 6. The fraction of sp³-hybridized carbons (Fsp3) is 0.138. The molecular weight excluding hydrogens is 795 g/mol. The van der Waals surface area contributed by atoms with Crippen molar-refractivity contribution in [1.29, 1.82) is 0 Å². The van der Waals surface area contributed by atoms with E-state index in [2.05, 4.69) is 203 Å². The summed E-state index contributed by atoms with van der Waals surface area (Å²) in [4.78, 5) is 31.5. The Kier molecular flexibility index (Phi) is 11.2. The third-order valence-corrected chi connectivity index (χ3v) is 12.2. The smallest absolute Gasteiger partial charge is 0.159 e. The van der Waals surface area contributed by atoms with Crippen molar-refractivity contribution < 1.29 is 0 Å². The molecule has 0 saturated heterocycles. The second-order valence-corrected chi connectivity index (χ2v) is 17.2. The van der Waals surface area contributed by atoms with Crippen LogP contribution in [0.15, 0.2) is 192 Å². The van der Waals surface area contributed by atoms with Crippen LogP contribution < -0.4 is 0 Å². The van der Waals surface area contributed by atoms with Gasteiger partial charge in [-0.15, -0.1) is 0 Å². The van der Waals surface area contributed by atoms with Gasteiger partial charge in [-0.1, -0.05) is 140 Å². The van der Waals surface area contributed by atoms with Gasteiger partial charge in [-0.3, -0.25) is 0 Å². The highest BCUT2D eigenvalue weighted by atomic mass is 15.3. The first kappa shape index (κ1) is 41.1. The lowest BCUT2D eigenvalue weighted by molar-refractivity contribution is 0.383. The van der Waals surface area contributed by atoms with E-state index in [1.165, 1.54) is 22.3 Å². The Hall–Kier alpha value is -7.90. The second kappa shape index (κ2) is 17.7. The van der Waals surface area contributed by atoms with Crippen molar-refractivity contribution in [2.45, 2.75) is 40.3 Å². The van der Waals surface area contributed by atoms with E-state index in [1.807, 2.05) is 26.0 Å². The van der Waals surface area contributed by atoms with Crippen molar-refractivity contribution >= 4 is 17.2 Å². The number of aryl methyl sites for hydroxylation is 3. The van der Waals surface area contributed by atoms with Gasteiger partial charge in [0, 0.05) is 53.1 Å². The van der Waals surface area contributed by atoms with Gasteiger partial charge in [0.2, 0.25) is 0 Å². The molecule has 0 radical (unpaired) electrons. The third-order valence-electron chi connectivity index (χ3n) is 12.2. The summed E-state index contributed by atoms with van der Waals surface area (Å²) >= 11 is 0. The molecule has 2 aromatic heterocycles. The predicted molar refractivity (Wildman–Crippen MR) is 266 cm³/mol. The number of nitrogens with zero attached hydrogens (tertiary/aromatic N) is 7. The molecule has 2 aliphatic rings. The average Bonchev–Trinajstić information content (AvgIpc) is 3.34. The van der Waals surface area contributed by atoms with Crippen LogP contribution in [0.25, 0.3) is 61.7 Å². The Bertz CT molecular complexity index is 3180. The largest absolute Gasteiger partial charge is 0.333 e. The lowest BCUT2D eigenvalue weighted by Crippen LogP contribution is -2.35. The SMILES string of the molecule is Cc1ccc(-c2cccc(-c3cc(C4=NC(c5ccc(-c6nccc(C)n6)cc5)N(C)C(c5ccc(-c6nccc(C)n6)cc5)=N4)cc(-c4cccc(C5=CCC(C)C=C5)c4)c3)c2)cc1. The molecule has 2 atom stereocenters. The normalized spacial score (nSPS) is 15.9. The number of hydrogen-bond donors (Lipinski definition) is 0. The Balaban J connectivity index is 1.12. The molecule has 316 valence electrons. The molecule has 1 aliphatic heterocycles. The summed E-state index contributed by atoms with van der Waals surface area (Å²) in [6.07, 6.45) is 11.2. The van der Waals surface area contributed by atoms with Crippen LogP contribution in [0.1, 0.15) is 58.7 Å². The summed E-state index contributed by atoms with van der Waals surface area (Å²) < 4.78 is 0. The second-order valence-electron chi connectivity index (χ2n) is 17.2. The molecule has 2 unspecified atom stereocenters. The first-order valence-electron chi connectivity index (χ1n) is 22.2. The van der Waals surface area contributed by atoms with Crippen LogP contribution in [0.4, 0.5) is 0 Å². The summed E-state index contributed by atoms with van der Waals surface area (Å²) in [6, 6.07) is 53.8. The molecule has 3 heterocycles. The van der Waals surface area contributed by atoms with E-state index in [9.17, 15) is 0 Å². The minimum atomic E-state index is -0.377. The number of rotatable bonds is 9. The van der Waals surface area contributed by atoms with Gasteiger partial charge in [-0.25, -0.2) is 29.9 Å². The number of hydrogen-bond acceptors (Lipinski definition) is 7. The van der Waals surface area contributed by atoms with Gasteiger partial charge in [-0.05, 0) is 126 Å². The van der Waals surface area contributed by atoms with Gasteiger partial charge in [0.1, 0.15) is 12.0 Å². The van der Waals surface area contributed by atoms with E-state index in [1.54, 1.807) is 12.4 Å². The summed E-state index contributed by atoms with van der Waals surface area (Å²) in [5.74, 6) is 3.40. The van der Waals surface area contributed by atoms with Gasteiger partial charge in [0.25, 0.3) is 0 Å². The van der Waals surface area contributed by atoms with Crippen LogP contribution in [0.5, 0.6) is 0 Å². The van der Waals surface area contributed by atoms with Gasteiger partial charge in [0.05, 0.1) is 0 Å². The Labute approximate surface area is 381 Å². The van der Waals surface area contributed by atoms with Crippen LogP contribution in [0, 0.1) is 26.7 Å². The molecular formula is C58H49N7. The van der Waals surface area contributed by atoms with Gasteiger partial charge < -0.3 is 4.90 Å². The zero-order valence-electron chi connectivity index (χ0n) is 37.3. The zero-order chi connectivity index (χ0) is 44.4. The van der Waals surface area contributed by atoms with E-state index in [0.29, 0.717) is 23.4 Å². The van der Waals surface area contributed by atoms with Crippen LogP contribution in [0.3, 0.4) is 0 Å². The predicted octanol–water partition coefficient (Wildman–Crippen LogP) is 13.3. The molecule has 0 N–H and O–H groups in total. The van der Waals surface area contributed by atoms with Crippen molar-refractivity contribution in [2.75, 3.05) is 7.05 Å². The number of allylic oxidation sites excluding steroid dienone is 4. The first-order chi connectivity index (χ1) is 31.7. The molecule has 7 nitrogen and oxygen atoms in total. The summed E-state index contributed by atoms with van der Waals surface area (Å²) in [5, 5.41) is 0. The zero-order valence-corrected chi connectivity index (χ0v) is 37.3. The molecule has 6 aromatic carbocycles. The standard InChI is InChI=1S/C58H49N7/c1-37-12-16-41(17-13-37)47-8-6-10-49(32-47)51-34-52(50-11-7-9-48(33-50)42-18-14-38(2)15-19-42)36-53(35-51)56-63-57(45-24-20-43(21-25-45)54-59-30-28-39(3)61-54)65(5)58(64-56)46-26-22-44(23-27-46)55-60-31-29-40(4)62-55/h6-14,16-36,38,57H,15H2,1-5H3. The third kappa shape index (κ3) is 8.86. The molecule has 0 bridgehead atoms. The maximum absolute atomic E-state index is 5.50. The van der Waals surface area contributed by atoms with E-state index in [0.717, 1.165) is 79.3 Å². The van der Waals surface area contributed by atoms with Gasteiger partial charge >= 0.3 is 0 Å². The molecule has 1 aliphatic carbocycles. The van der Waals surface area contributed by atoms with Crippen molar-refractivity contribution in [3.8, 4) is 56.2 Å². The van der Waals surface area contributed by atoms with Crippen LogP contribution in [-0.2, 0) is 0 Å². The molecule has 7 heteroatoms. The maximum atomic E-state index is 5.50. The summed E-state index contributed by atoms with van der Waals surface area (Å²) in [5.41, 5.74) is 17.1. The first-order valence-corrected chi connectivity index (χ1v) is 22.2. The van der Waals surface area contributed by atoms with E-state index >= 15 is 0 Å². The lowest BCUT2D eigenvalue weighted by atomic mass is 9.90. The topological polar surface area (TPSA) is 79.5 Å². The van der Waals surface area contributed by atoms with Crippen molar-refractivity contribution in [2.24, 2.45) is 15.9 Å². The average molecular weight is 844 g/mol. The van der Waals surface area contributed by atoms with Crippen molar-refractivity contribution in [3.05, 3.63) is 221 Å². The molecule has 8 aromatic rings. The molecule has 65 heavy (non-hydrogen) atoms. The molecule has 10 rings (SSSR count). The lowest BCUT2D eigenvalue weighted by Gasteiger charge is -2.32. The van der Waals surface area contributed by atoms with E-state index in [4.69, 9.17) is 9.98 Å². The number of amidine groups is 2. The summed E-state index contributed by atoms with van der Waals surface area (Å²) in [6.45, 7) is 8.35. The molecule has 0 saturated carbocycles. The van der Waals surface area contributed by atoms with Crippen molar-refractivity contribution in [1.82, 2.24) is 24.8 Å². The van der Waals surface area contributed by atoms with Crippen LogP contribution in [0.2, 0.25) is 0 Å². The van der Waals surface area contributed by atoms with Gasteiger partial charge in [0.15, 0.2) is 17.5 Å². The monoisotopic (exact) mass is 843 g/mol. The quantitative estimate of drug-likeness (QED) is 0.145. The molecule has 0 fully saturated rings.